The van der Waals surface area contributed by atoms with Crippen LogP contribution < -0.4 is 4.80 Å². The molecule has 0 bridgehead atoms. The monoisotopic (exact) mass is 443 g/mol. The third-order valence-electron chi connectivity index (χ3n) is 4.30. The van der Waals surface area contributed by atoms with Crippen LogP contribution in [0.1, 0.15) is 20.2 Å². The average molecular weight is 444 g/mol. The number of aromatic nitrogens is 2. The molecule has 4 rings (SSSR count). The number of amides is 1. The molecule has 0 N–H and O–H groups in total. The lowest BCUT2D eigenvalue weighted by molar-refractivity contribution is 0.0601. The highest BCUT2D eigenvalue weighted by molar-refractivity contribution is 7.98. The number of thioether (sulfide) groups is 1. The molecule has 0 unspecified atom stereocenters. The summed E-state index contributed by atoms with van der Waals surface area (Å²) in [6.07, 6.45) is 2.04. The van der Waals surface area contributed by atoms with Gasteiger partial charge in [-0.1, -0.05) is 23.5 Å². The fourth-order valence-corrected chi connectivity index (χ4v) is 5.21. The maximum Gasteiger partial charge on any atom is 0.337 e. The van der Waals surface area contributed by atoms with E-state index < -0.39 is 0 Å². The molecule has 2 aromatic heterocycles. The zero-order chi connectivity index (χ0) is 20.4. The molecule has 4 aromatic rings. The van der Waals surface area contributed by atoms with E-state index in [0.29, 0.717) is 21.9 Å². The van der Waals surface area contributed by atoms with Crippen LogP contribution in [0, 0.1) is 0 Å². The molecule has 1 amide bonds. The number of carbonyl (C=O) groups is 2. The fourth-order valence-electron chi connectivity index (χ4n) is 2.90. The second kappa shape index (κ2) is 8.48. The lowest BCUT2D eigenvalue weighted by atomic mass is 10.2. The number of aryl methyl sites for hydroxylation is 1. The summed E-state index contributed by atoms with van der Waals surface area (Å²) in [6, 6.07) is 13.0. The van der Waals surface area contributed by atoms with Gasteiger partial charge in [-0.25, -0.2) is 9.78 Å². The summed E-state index contributed by atoms with van der Waals surface area (Å²) in [5.74, 6) is 0.136. The van der Waals surface area contributed by atoms with Crippen molar-refractivity contribution in [2.45, 2.75) is 6.54 Å². The minimum atomic E-state index is -0.389. The first kappa shape index (κ1) is 19.8. The Bertz CT molecular complexity index is 1250. The van der Waals surface area contributed by atoms with Crippen LogP contribution >= 0.6 is 34.4 Å². The number of esters is 1. The van der Waals surface area contributed by atoms with Crippen LogP contribution in [0.4, 0.5) is 0 Å². The first-order chi connectivity index (χ1) is 14.1. The molecular formula is C20H17N3O3S3. The largest absolute Gasteiger partial charge is 0.465 e. The van der Waals surface area contributed by atoms with Crippen molar-refractivity contribution in [2.24, 2.45) is 4.99 Å². The molecular weight excluding hydrogens is 426 g/mol. The summed E-state index contributed by atoms with van der Waals surface area (Å²) in [5.41, 5.74) is 2.21. The minimum Gasteiger partial charge on any atom is -0.465 e. The smallest absolute Gasteiger partial charge is 0.337 e. The van der Waals surface area contributed by atoms with Crippen molar-refractivity contribution < 1.29 is 14.3 Å². The number of para-hydroxylation sites is 1. The maximum absolute atomic E-state index is 12.8. The number of carbonyl (C=O) groups excluding carboxylic acids is 2. The van der Waals surface area contributed by atoms with Crippen molar-refractivity contribution in [2.75, 3.05) is 19.1 Å². The second-order valence-corrected chi connectivity index (χ2v) is 9.13. The molecule has 0 spiro atoms. The maximum atomic E-state index is 12.8. The lowest BCUT2D eigenvalue weighted by Gasteiger charge is -2.04. The zero-order valence-corrected chi connectivity index (χ0v) is 18.2. The molecule has 0 aliphatic heterocycles. The minimum absolute atomic E-state index is 0.358. The molecule has 0 saturated carbocycles. The Hall–Kier alpha value is -2.49. The molecule has 0 aliphatic rings. The van der Waals surface area contributed by atoms with Gasteiger partial charge in [0.05, 0.1) is 33.1 Å². The summed E-state index contributed by atoms with van der Waals surface area (Å²) in [6.45, 7) is 0.713. The van der Waals surface area contributed by atoms with Crippen LogP contribution in [-0.4, -0.2) is 40.5 Å². The van der Waals surface area contributed by atoms with E-state index in [1.165, 1.54) is 29.8 Å². The Labute approximate surface area is 178 Å². The summed E-state index contributed by atoms with van der Waals surface area (Å²) in [5, 5.41) is 0.371. The average Bonchev–Trinajstić information content (AvgIpc) is 3.32. The Morgan fingerprint density at radius 3 is 2.76 bits per heavy atom. The summed E-state index contributed by atoms with van der Waals surface area (Å²) >= 11 is 4.44. The number of rotatable bonds is 5. The van der Waals surface area contributed by atoms with Crippen molar-refractivity contribution in [3.8, 4) is 0 Å². The SMILES string of the molecule is COC(=O)c1ccc2c(c1)sc(=NC(=O)c1nc3ccccc3s1)n2CCSC. The molecule has 0 radical (unpaired) electrons. The summed E-state index contributed by atoms with van der Waals surface area (Å²) in [4.78, 5) is 34.0. The second-order valence-electron chi connectivity index (χ2n) is 6.11. The van der Waals surface area contributed by atoms with Gasteiger partial charge in [0.2, 0.25) is 0 Å². The Balaban J connectivity index is 1.81. The molecule has 0 fully saturated rings. The molecule has 0 aliphatic carbocycles. The van der Waals surface area contributed by atoms with Crippen LogP contribution in [0.2, 0.25) is 0 Å². The van der Waals surface area contributed by atoms with Gasteiger partial charge in [0.1, 0.15) is 0 Å². The summed E-state index contributed by atoms with van der Waals surface area (Å²) < 4.78 is 8.66. The third kappa shape index (κ3) is 3.98. The van der Waals surface area contributed by atoms with Gasteiger partial charge in [-0.3, -0.25) is 4.79 Å². The predicted molar refractivity (Wildman–Crippen MR) is 119 cm³/mol. The Morgan fingerprint density at radius 1 is 1.17 bits per heavy atom. The van der Waals surface area contributed by atoms with Crippen LogP contribution in [0.5, 0.6) is 0 Å². The number of fused-ring (bicyclic) bond motifs is 2. The van der Waals surface area contributed by atoms with E-state index in [4.69, 9.17) is 4.74 Å². The van der Waals surface area contributed by atoms with Gasteiger partial charge in [0, 0.05) is 12.3 Å². The normalized spacial score (nSPS) is 12.0. The number of nitrogens with zero attached hydrogens (tertiary/aromatic N) is 3. The number of ether oxygens (including phenoxy) is 1. The van der Waals surface area contributed by atoms with E-state index in [9.17, 15) is 9.59 Å². The number of hydrogen-bond donors (Lipinski definition) is 0. The van der Waals surface area contributed by atoms with E-state index >= 15 is 0 Å². The van der Waals surface area contributed by atoms with E-state index in [1.807, 2.05) is 41.2 Å². The predicted octanol–water partition coefficient (Wildman–Crippen LogP) is 4.20. The van der Waals surface area contributed by atoms with E-state index in [1.54, 1.807) is 23.9 Å². The number of hydrogen-bond acceptors (Lipinski definition) is 7. The van der Waals surface area contributed by atoms with Gasteiger partial charge in [0.15, 0.2) is 9.81 Å². The van der Waals surface area contributed by atoms with Crippen molar-refractivity contribution >= 4 is 66.7 Å². The quantitative estimate of drug-likeness (QED) is 0.432. The standard InChI is InChI=1S/C20H17N3O3S3/c1-26-19(25)12-7-8-14-16(11-12)29-20(23(14)9-10-27-2)22-17(24)18-21-13-5-3-4-6-15(13)28-18/h3-8,11H,9-10H2,1-2H3. The van der Waals surface area contributed by atoms with Crippen LogP contribution in [0.25, 0.3) is 20.4 Å². The molecule has 6 nitrogen and oxygen atoms in total. The van der Waals surface area contributed by atoms with Crippen LogP contribution in [-0.2, 0) is 11.3 Å². The Morgan fingerprint density at radius 2 is 2.00 bits per heavy atom. The first-order valence-electron chi connectivity index (χ1n) is 8.76. The van der Waals surface area contributed by atoms with Crippen molar-refractivity contribution in [1.29, 1.82) is 0 Å². The molecule has 29 heavy (non-hydrogen) atoms. The summed E-state index contributed by atoms with van der Waals surface area (Å²) in [7, 11) is 1.36. The van der Waals surface area contributed by atoms with E-state index in [0.717, 1.165) is 26.2 Å². The van der Waals surface area contributed by atoms with Crippen LogP contribution in [0.15, 0.2) is 47.5 Å². The Kier molecular flexibility index (Phi) is 5.79. The van der Waals surface area contributed by atoms with Gasteiger partial charge in [-0.15, -0.1) is 11.3 Å². The number of methoxy groups -OCH3 is 1. The third-order valence-corrected chi connectivity index (χ3v) is 6.95. The van der Waals surface area contributed by atoms with E-state index in [-0.39, 0.29) is 11.9 Å². The lowest BCUT2D eigenvalue weighted by Crippen LogP contribution is -2.18. The highest BCUT2D eigenvalue weighted by Gasteiger charge is 2.15. The molecule has 9 heteroatoms. The molecule has 0 atom stereocenters. The molecule has 2 aromatic carbocycles. The highest BCUT2D eigenvalue weighted by Crippen LogP contribution is 2.23. The molecule has 0 saturated heterocycles. The van der Waals surface area contributed by atoms with Gasteiger partial charge >= 0.3 is 11.9 Å². The van der Waals surface area contributed by atoms with Crippen molar-refractivity contribution in [3.05, 3.63) is 57.8 Å². The van der Waals surface area contributed by atoms with E-state index in [2.05, 4.69) is 9.98 Å². The highest BCUT2D eigenvalue weighted by atomic mass is 32.2. The van der Waals surface area contributed by atoms with Gasteiger partial charge in [0.25, 0.3) is 0 Å². The number of benzene rings is 2. The van der Waals surface area contributed by atoms with Crippen molar-refractivity contribution in [3.63, 3.8) is 0 Å². The van der Waals surface area contributed by atoms with Crippen molar-refractivity contribution in [1.82, 2.24) is 9.55 Å². The number of thiazole rings is 2. The topological polar surface area (TPSA) is 73.6 Å². The van der Waals surface area contributed by atoms with Gasteiger partial charge < -0.3 is 9.30 Å². The molecule has 2 heterocycles. The van der Waals surface area contributed by atoms with Gasteiger partial charge in [-0.05, 0) is 36.6 Å². The van der Waals surface area contributed by atoms with Crippen LogP contribution in [0.3, 0.4) is 0 Å². The molecule has 148 valence electrons. The van der Waals surface area contributed by atoms with Gasteiger partial charge in [-0.2, -0.15) is 16.8 Å². The first-order valence-corrected chi connectivity index (χ1v) is 11.8. The fraction of sp³-hybridized carbons (Fsp3) is 0.200. The zero-order valence-electron chi connectivity index (χ0n) is 15.7.